The second-order valence-corrected chi connectivity index (χ2v) is 4.42. The molecule has 0 saturated heterocycles. The maximum Gasteiger partial charge on any atom is 0.303 e. The fraction of sp³-hybridized carbons (Fsp3) is 0.818. The van der Waals surface area contributed by atoms with Gasteiger partial charge in [0.05, 0.1) is 6.04 Å². The van der Waals surface area contributed by atoms with Crippen LogP contribution in [0.4, 0.5) is 0 Å². The zero-order valence-corrected chi connectivity index (χ0v) is 9.45. The molecule has 1 unspecified atom stereocenters. The first-order valence-corrected chi connectivity index (χ1v) is 5.84. The fourth-order valence-corrected chi connectivity index (χ4v) is 1.55. The molecule has 5 heteroatoms. The van der Waals surface area contributed by atoms with Gasteiger partial charge in [0.1, 0.15) is 0 Å². The molecule has 0 spiro atoms. The van der Waals surface area contributed by atoms with Crippen LogP contribution in [0.1, 0.15) is 38.5 Å². The van der Waals surface area contributed by atoms with Gasteiger partial charge in [-0.15, -0.1) is 0 Å². The summed E-state index contributed by atoms with van der Waals surface area (Å²) in [7, 11) is 0. The first-order valence-electron chi connectivity index (χ1n) is 5.84. The van der Waals surface area contributed by atoms with Crippen LogP contribution >= 0.6 is 0 Å². The van der Waals surface area contributed by atoms with E-state index in [0.29, 0.717) is 6.54 Å². The summed E-state index contributed by atoms with van der Waals surface area (Å²) in [4.78, 5) is 21.7. The molecule has 0 heterocycles. The zero-order chi connectivity index (χ0) is 12.0. The molecular weight excluding hydrogens is 208 g/mol. The van der Waals surface area contributed by atoms with E-state index in [1.165, 1.54) is 19.3 Å². The van der Waals surface area contributed by atoms with Crippen LogP contribution in [-0.2, 0) is 9.59 Å². The lowest BCUT2D eigenvalue weighted by molar-refractivity contribution is -0.137. The topological polar surface area (TPSA) is 92.4 Å². The number of rotatable bonds is 8. The smallest absolute Gasteiger partial charge is 0.303 e. The normalized spacial score (nSPS) is 16.8. The molecule has 0 aromatic heterocycles. The molecule has 1 atom stereocenters. The largest absolute Gasteiger partial charge is 0.481 e. The minimum atomic E-state index is -0.919. The molecule has 16 heavy (non-hydrogen) atoms. The molecule has 0 aromatic rings. The third kappa shape index (κ3) is 5.70. The summed E-state index contributed by atoms with van der Waals surface area (Å²) in [5.41, 5.74) is 5.54. The summed E-state index contributed by atoms with van der Waals surface area (Å²) in [5.74, 6) is -0.286. The monoisotopic (exact) mass is 228 g/mol. The summed E-state index contributed by atoms with van der Waals surface area (Å²) >= 11 is 0. The molecule has 0 aliphatic heterocycles. The lowest BCUT2D eigenvalue weighted by atomic mass is 10.1. The highest BCUT2D eigenvalue weighted by molar-refractivity contribution is 5.82. The van der Waals surface area contributed by atoms with Crippen LogP contribution in [0.3, 0.4) is 0 Å². The average molecular weight is 228 g/mol. The van der Waals surface area contributed by atoms with E-state index in [-0.39, 0.29) is 18.7 Å². The summed E-state index contributed by atoms with van der Waals surface area (Å²) in [6.45, 7) is 0.649. The van der Waals surface area contributed by atoms with E-state index >= 15 is 0 Å². The second-order valence-electron chi connectivity index (χ2n) is 4.42. The number of hydrogen-bond donors (Lipinski definition) is 3. The number of nitrogens with two attached hydrogens (primary N) is 1. The standard InChI is InChI=1S/C11H20N2O3/c12-9(5-6-10(14)15)11(16)13-7-1-2-8-3-4-8/h8-9H,1-7,12H2,(H,13,16)(H,14,15). The first kappa shape index (κ1) is 13.0. The molecule has 1 saturated carbocycles. The molecule has 1 fully saturated rings. The van der Waals surface area contributed by atoms with E-state index in [1.54, 1.807) is 0 Å². The van der Waals surface area contributed by atoms with Crippen molar-refractivity contribution in [1.82, 2.24) is 5.32 Å². The highest BCUT2D eigenvalue weighted by atomic mass is 16.4. The van der Waals surface area contributed by atoms with Gasteiger partial charge in [0.2, 0.25) is 5.91 Å². The van der Waals surface area contributed by atoms with Gasteiger partial charge in [0.15, 0.2) is 0 Å². The van der Waals surface area contributed by atoms with E-state index in [4.69, 9.17) is 10.8 Å². The minimum Gasteiger partial charge on any atom is -0.481 e. The number of carbonyl (C=O) groups excluding carboxylic acids is 1. The Bertz CT molecular complexity index is 252. The fourth-order valence-electron chi connectivity index (χ4n) is 1.55. The van der Waals surface area contributed by atoms with Crippen LogP contribution < -0.4 is 11.1 Å². The second kappa shape index (κ2) is 6.48. The van der Waals surface area contributed by atoms with Crippen molar-refractivity contribution >= 4 is 11.9 Å². The molecule has 0 aromatic carbocycles. The zero-order valence-electron chi connectivity index (χ0n) is 9.45. The Balaban J connectivity index is 2.00. The highest BCUT2D eigenvalue weighted by Gasteiger charge is 2.20. The van der Waals surface area contributed by atoms with Gasteiger partial charge in [-0.25, -0.2) is 0 Å². The molecule has 5 nitrogen and oxygen atoms in total. The van der Waals surface area contributed by atoms with Gasteiger partial charge >= 0.3 is 5.97 Å². The molecule has 1 rings (SSSR count). The van der Waals surface area contributed by atoms with Gasteiger partial charge < -0.3 is 16.2 Å². The van der Waals surface area contributed by atoms with Crippen molar-refractivity contribution in [2.75, 3.05) is 6.54 Å². The first-order chi connectivity index (χ1) is 7.59. The Hall–Kier alpha value is -1.10. The van der Waals surface area contributed by atoms with Gasteiger partial charge in [-0.05, 0) is 25.2 Å². The minimum absolute atomic E-state index is 0.0589. The Labute approximate surface area is 95.4 Å². The number of carboxylic acid groups (broad SMARTS) is 1. The predicted octanol–water partition coefficient (Wildman–Crippen LogP) is 0.485. The third-order valence-electron chi connectivity index (χ3n) is 2.79. The van der Waals surface area contributed by atoms with Crippen molar-refractivity contribution in [1.29, 1.82) is 0 Å². The lowest BCUT2D eigenvalue weighted by Gasteiger charge is -2.10. The van der Waals surface area contributed by atoms with Crippen molar-refractivity contribution in [2.24, 2.45) is 11.7 Å². The van der Waals surface area contributed by atoms with Crippen molar-refractivity contribution in [3.8, 4) is 0 Å². The number of carbonyl (C=O) groups is 2. The molecule has 1 amide bonds. The van der Waals surface area contributed by atoms with Gasteiger partial charge in [0.25, 0.3) is 0 Å². The Morgan fingerprint density at radius 1 is 1.44 bits per heavy atom. The van der Waals surface area contributed by atoms with Crippen molar-refractivity contribution in [3.63, 3.8) is 0 Å². The van der Waals surface area contributed by atoms with E-state index < -0.39 is 12.0 Å². The van der Waals surface area contributed by atoms with Crippen LogP contribution in [0.5, 0.6) is 0 Å². The Kier molecular flexibility index (Phi) is 5.25. The number of amides is 1. The van der Waals surface area contributed by atoms with Crippen LogP contribution in [0.2, 0.25) is 0 Å². The molecule has 1 aliphatic rings. The van der Waals surface area contributed by atoms with Crippen LogP contribution in [0, 0.1) is 5.92 Å². The summed E-state index contributed by atoms with van der Waals surface area (Å²) in [6, 6.07) is -0.697. The van der Waals surface area contributed by atoms with E-state index in [1.807, 2.05) is 0 Å². The molecule has 0 bridgehead atoms. The van der Waals surface area contributed by atoms with Gasteiger partial charge in [-0.1, -0.05) is 12.8 Å². The quantitative estimate of drug-likeness (QED) is 0.527. The van der Waals surface area contributed by atoms with Gasteiger partial charge in [0, 0.05) is 13.0 Å². The highest BCUT2D eigenvalue weighted by Crippen LogP contribution is 2.33. The molecule has 92 valence electrons. The SMILES string of the molecule is NC(CCC(=O)O)C(=O)NCCCC1CC1. The Morgan fingerprint density at radius 2 is 2.12 bits per heavy atom. The van der Waals surface area contributed by atoms with Crippen LogP contribution in [0.15, 0.2) is 0 Å². The predicted molar refractivity (Wildman–Crippen MR) is 59.8 cm³/mol. The van der Waals surface area contributed by atoms with Crippen molar-refractivity contribution < 1.29 is 14.7 Å². The lowest BCUT2D eigenvalue weighted by Crippen LogP contribution is -2.41. The Morgan fingerprint density at radius 3 is 2.69 bits per heavy atom. The number of nitrogens with one attached hydrogen (secondary N) is 1. The van der Waals surface area contributed by atoms with E-state index in [2.05, 4.69) is 5.32 Å². The van der Waals surface area contributed by atoms with Crippen molar-refractivity contribution in [2.45, 2.75) is 44.6 Å². The maximum atomic E-state index is 11.4. The van der Waals surface area contributed by atoms with Crippen LogP contribution in [-0.4, -0.2) is 29.6 Å². The molecular formula is C11H20N2O3. The van der Waals surface area contributed by atoms with E-state index in [0.717, 1.165) is 12.3 Å². The molecule has 1 aliphatic carbocycles. The number of hydrogen-bond acceptors (Lipinski definition) is 3. The molecule has 0 radical (unpaired) electrons. The number of aliphatic carboxylic acids is 1. The number of carboxylic acids is 1. The van der Waals surface area contributed by atoms with Gasteiger partial charge in [-0.3, -0.25) is 9.59 Å². The third-order valence-corrected chi connectivity index (χ3v) is 2.79. The average Bonchev–Trinajstić information content (AvgIpc) is 3.04. The molecule has 4 N–H and O–H groups in total. The maximum absolute atomic E-state index is 11.4. The van der Waals surface area contributed by atoms with Crippen molar-refractivity contribution in [3.05, 3.63) is 0 Å². The van der Waals surface area contributed by atoms with Crippen LogP contribution in [0.25, 0.3) is 0 Å². The van der Waals surface area contributed by atoms with E-state index in [9.17, 15) is 9.59 Å². The summed E-state index contributed by atoms with van der Waals surface area (Å²) < 4.78 is 0. The van der Waals surface area contributed by atoms with Gasteiger partial charge in [-0.2, -0.15) is 0 Å². The summed E-state index contributed by atoms with van der Waals surface area (Å²) in [6.07, 6.45) is 4.95. The summed E-state index contributed by atoms with van der Waals surface area (Å²) in [5, 5.41) is 11.2.